The van der Waals surface area contributed by atoms with E-state index < -0.39 is 0 Å². The van der Waals surface area contributed by atoms with Gasteiger partial charge in [-0.3, -0.25) is 24.4 Å². The van der Waals surface area contributed by atoms with E-state index in [1.807, 2.05) is 31.2 Å². The van der Waals surface area contributed by atoms with Crippen molar-refractivity contribution in [2.24, 2.45) is 11.3 Å². The minimum absolute atomic E-state index is 0.197. The average molecular weight is 550 g/mol. The highest BCUT2D eigenvalue weighted by Gasteiger charge is 2.36. The van der Waals surface area contributed by atoms with Gasteiger partial charge in [-0.15, -0.1) is 0 Å². The molecular weight excluding hydrogens is 510 g/mol. The van der Waals surface area contributed by atoms with Crippen LogP contribution in [0.4, 0.5) is 11.4 Å². The molecule has 0 bridgehead atoms. The SMILES string of the molecule is CCC1CC(=O)CC(C)(Cc2cc(Cl)cc3nc(C)cc(N(C=O)c4ccc(O)c(CN(CC)CC)c4)c23)C1. The van der Waals surface area contributed by atoms with Gasteiger partial charge >= 0.3 is 0 Å². The molecule has 208 valence electrons. The number of halogens is 1. The van der Waals surface area contributed by atoms with Gasteiger partial charge in [-0.25, -0.2) is 0 Å². The summed E-state index contributed by atoms with van der Waals surface area (Å²) in [6.45, 7) is 12.7. The Morgan fingerprint density at radius 3 is 2.54 bits per heavy atom. The molecule has 1 amide bonds. The molecule has 3 aromatic rings. The fraction of sp³-hybridized carbons (Fsp3) is 0.469. The van der Waals surface area contributed by atoms with E-state index in [0.717, 1.165) is 65.8 Å². The maximum absolute atomic E-state index is 12.7. The lowest BCUT2D eigenvalue weighted by molar-refractivity contribution is -0.125. The molecule has 7 heteroatoms. The summed E-state index contributed by atoms with van der Waals surface area (Å²) in [6, 6.07) is 11.0. The Bertz CT molecular complexity index is 1370. The molecule has 1 fully saturated rings. The Hall–Kier alpha value is -2.96. The van der Waals surface area contributed by atoms with E-state index in [-0.39, 0.29) is 11.2 Å². The fourth-order valence-electron chi connectivity index (χ4n) is 6.24. The normalized spacial score (nSPS) is 19.6. The van der Waals surface area contributed by atoms with Crippen LogP contribution in [0, 0.1) is 18.3 Å². The fourth-order valence-corrected chi connectivity index (χ4v) is 6.48. The Kier molecular flexibility index (Phi) is 8.97. The molecule has 1 heterocycles. The molecule has 4 rings (SSSR count). The lowest BCUT2D eigenvalue weighted by atomic mass is 9.66. The van der Waals surface area contributed by atoms with Crippen LogP contribution in [-0.2, 0) is 22.6 Å². The van der Waals surface area contributed by atoms with Crippen LogP contribution in [0.25, 0.3) is 10.9 Å². The molecule has 2 unspecified atom stereocenters. The largest absolute Gasteiger partial charge is 0.508 e. The van der Waals surface area contributed by atoms with E-state index in [2.05, 4.69) is 32.6 Å². The summed E-state index contributed by atoms with van der Waals surface area (Å²) in [5.74, 6) is 0.907. The first-order valence-electron chi connectivity index (χ1n) is 14.0. The number of nitrogens with zero attached hydrogens (tertiary/aromatic N) is 3. The number of phenolic OH excluding ortho intramolecular Hbond substituents is 1. The summed E-state index contributed by atoms with van der Waals surface area (Å²) in [5, 5.41) is 12.0. The second-order valence-electron chi connectivity index (χ2n) is 11.4. The van der Waals surface area contributed by atoms with Gasteiger partial charge in [0.25, 0.3) is 0 Å². The van der Waals surface area contributed by atoms with Crippen LogP contribution in [0.15, 0.2) is 36.4 Å². The number of carbonyl (C=O) groups excluding carboxylic acids is 2. The first-order valence-corrected chi connectivity index (χ1v) is 14.4. The number of aromatic nitrogens is 1. The monoisotopic (exact) mass is 549 g/mol. The Morgan fingerprint density at radius 1 is 1.13 bits per heavy atom. The van der Waals surface area contributed by atoms with Crippen LogP contribution in [0.5, 0.6) is 5.75 Å². The molecule has 6 nitrogen and oxygen atoms in total. The zero-order valence-electron chi connectivity index (χ0n) is 23.8. The first kappa shape index (κ1) is 29.0. The van der Waals surface area contributed by atoms with E-state index in [1.165, 1.54) is 0 Å². The number of pyridine rings is 1. The minimum Gasteiger partial charge on any atom is -0.508 e. The minimum atomic E-state index is -0.197. The highest BCUT2D eigenvalue weighted by atomic mass is 35.5. The number of aryl methyl sites for hydroxylation is 1. The van der Waals surface area contributed by atoms with E-state index in [9.17, 15) is 14.7 Å². The van der Waals surface area contributed by atoms with Gasteiger partial charge in [-0.05, 0) is 86.1 Å². The lowest BCUT2D eigenvalue weighted by Crippen LogP contribution is -2.33. The third-order valence-electron chi connectivity index (χ3n) is 8.17. The van der Waals surface area contributed by atoms with Crippen molar-refractivity contribution in [3.05, 3.63) is 58.2 Å². The molecule has 2 aromatic carbocycles. The van der Waals surface area contributed by atoms with Crippen LogP contribution in [0.3, 0.4) is 0 Å². The molecular formula is C32H40ClN3O3. The highest BCUT2D eigenvalue weighted by Crippen LogP contribution is 2.44. The molecule has 1 aliphatic carbocycles. The van der Waals surface area contributed by atoms with Crippen molar-refractivity contribution in [2.75, 3.05) is 18.0 Å². The van der Waals surface area contributed by atoms with Gasteiger partial charge < -0.3 is 5.11 Å². The Balaban J connectivity index is 1.84. The van der Waals surface area contributed by atoms with Crippen LogP contribution in [0.2, 0.25) is 5.02 Å². The predicted molar refractivity (Wildman–Crippen MR) is 159 cm³/mol. The van der Waals surface area contributed by atoms with Crippen molar-refractivity contribution in [3.63, 3.8) is 0 Å². The first-order chi connectivity index (χ1) is 18.6. The number of phenols is 1. The van der Waals surface area contributed by atoms with E-state index >= 15 is 0 Å². The van der Waals surface area contributed by atoms with Crippen LogP contribution >= 0.6 is 11.6 Å². The van der Waals surface area contributed by atoms with Crippen molar-refractivity contribution in [2.45, 2.75) is 73.3 Å². The number of fused-ring (bicyclic) bond motifs is 1. The maximum atomic E-state index is 12.7. The molecule has 0 saturated heterocycles. The van der Waals surface area contributed by atoms with Gasteiger partial charge in [-0.1, -0.05) is 45.7 Å². The van der Waals surface area contributed by atoms with E-state index in [0.29, 0.717) is 48.2 Å². The van der Waals surface area contributed by atoms with Crippen LogP contribution < -0.4 is 4.90 Å². The number of Topliss-reactive ketones (excluding diaryl/α,β-unsaturated/α-hetero) is 1. The van der Waals surface area contributed by atoms with Crippen molar-refractivity contribution in [1.29, 1.82) is 0 Å². The number of ketones is 1. The molecule has 2 atom stereocenters. The molecule has 1 aliphatic rings. The van der Waals surface area contributed by atoms with E-state index in [4.69, 9.17) is 16.6 Å². The van der Waals surface area contributed by atoms with Gasteiger partial charge in [0.2, 0.25) is 6.41 Å². The lowest BCUT2D eigenvalue weighted by Gasteiger charge is -2.38. The van der Waals surface area contributed by atoms with Gasteiger partial charge in [0.1, 0.15) is 11.5 Å². The Labute approximate surface area is 237 Å². The number of carbonyl (C=O) groups is 2. The molecule has 1 saturated carbocycles. The standard InChI is InChI=1S/C32H40ClN3O3/c1-6-22-12-27(38)18-32(5,16-22)17-23-13-25(33)15-28-31(23)29(11-21(4)34-28)36(20-37)26-9-10-30(39)24(14-26)19-35(7-2)8-3/h9-11,13-15,20,22,39H,6-8,12,16-19H2,1-5H3. The van der Waals surface area contributed by atoms with Gasteiger partial charge in [0.15, 0.2) is 0 Å². The van der Waals surface area contributed by atoms with Crippen LogP contribution in [0.1, 0.15) is 70.2 Å². The summed E-state index contributed by atoms with van der Waals surface area (Å²) in [6.07, 6.45) is 4.64. The number of aromatic hydroxyl groups is 1. The number of benzene rings is 2. The average Bonchev–Trinajstić information content (AvgIpc) is 2.87. The number of amides is 1. The number of rotatable bonds is 10. The molecule has 1 N–H and O–H groups in total. The molecule has 0 spiro atoms. The second-order valence-corrected chi connectivity index (χ2v) is 11.8. The number of anilines is 2. The summed E-state index contributed by atoms with van der Waals surface area (Å²) in [7, 11) is 0. The second kappa shape index (κ2) is 12.1. The van der Waals surface area contributed by atoms with Crippen LogP contribution in [-0.4, -0.2) is 40.3 Å². The summed E-state index contributed by atoms with van der Waals surface area (Å²) in [5.41, 5.74) is 4.43. The quantitative estimate of drug-likeness (QED) is 0.267. The van der Waals surface area contributed by atoms with Gasteiger partial charge in [-0.2, -0.15) is 0 Å². The summed E-state index contributed by atoms with van der Waals surface area (Å²) >= 11 is 6.60. The number of hydrogen-bond donors (Lipinski definition) is 1. The van der Waals surface area contributed by atoms with Crippen molar-refractivity contribution < 1.29 is 14.7 Å². The van der Waals surface area contributed by atoms with Crippen molar-refractivity contribution in [1.82, 2.24) is 9.88 Å². The Morgan fingerprint density at radius 2 is 1.87 bits per heavy atom. The maximum Gasteiger partial charge on any atom is 0.218 e. The molecule has 1 aromatic heterocycles. The smallest absolute Gasteiger partial charge is 0.218 e. The third kappa shape index (κ3) is 6.44. The zero-order valence-corrected chi connectivity index (χ0v) is 24.5. The topological polar surface area (TPSA) is 73.7 Å². The van der Waals surface area contributed by atoms with E-state index in [1.54, 1.807) is 17.0 Å². The van der Waals surface area contributed by atoms with Crippen molar-refractivity contribution in [3.8, 4) is 5.75 Å². The summed E-state index contributed by atoms with van der Waals surface area (Å²) < 4.78 is 0. The number of hydrogen-bond acceptors (Lipinski definition) is 5. The molecule has 0 radical (unpaired) electrons. The highest BCUT2D eigenvalue weighted by molar-refractivity contribution is 6.31. The molecule has 0 aliphatic heterocycles. The molecule has 39 heavy (non-hydrogen) atoms. The third-order valence-corrected chi connectivity index (χ3v) is 8.39. The zero-order chi connectivity index (χ0) is 28.3. The van der Waals surface area contributed by atoms with Gasteiger partial charge in [0.05, 0.1) is 11.2 Å². The predicted octanol–water partition coefficient (Wildman–Crippen LogP) is 7.37. The van der Waals surface area contributed by atoms with Crippen molar-refractivity contribution >= 4 is 46.1 Å². The summed E-state index contributed by atoms with van der Waals surface area (Å²) in [4.78, 5) is 34.0. The van der Waals surface area contributed by atoms with Gasteiger partial charge in [0, 0.05) is 46.7 Å².